The van der Waals surface area contributed by atoms with Gasteiger partial charge in [-0.25, -0.2) is 9.97 Å². The minimum Gasteiger partial charge on any atom is -0.383 e. The molecule has 2 rings (SSSR count). The molecule has 1 heterocycles. The van der Waals surface area contributed by atoms with E-state index in [9.17, 15) is 0 Å². The SMILES string of the molecule is CCCc1c(N)ncnc1NCC1(C)CCC1. The van der Waals surface area contributed by atoms with Gasteiger partial charge in [0, 0.05) is 12.1 Å². The minimum absolute atomic E-state index is 0.448. The van der Waals surface area contributed by atoms with E-state index in [4.69, 9.17) is 5.73 Å². The van der Waals surface area contributed by atoms with Crippen LogP contribution in [-0.2, 0) is 6.42 Å². The third kappa shape index (κ3) is 2.68. The van der Waals surface area contributed by atoms with E-state index < -0.39 is 0 Å². The summed E-state index contributed by atoms with van der Waals surface area (Å²) in [6.45, 7) is 5.46. The van der Waals surface area contributed by atoms with Gasteiger partial charge in [-0.1, -0.05) is 26.7 Å². The zero-order chi connectivity index (χ0) is 12.3. The lowest BCUT2D eigenvalue weighted by atomic mass is 9.70. The smallest absolute Gasteiger partial charge is 0.134 e. The molecule has 1 aliphatic rings. The number of hydrogen-bond acceptors (Lipinski definition) is 4. The van der Waals surface area contributed by atoms with Crippen molar-refractivity contribution < 1.29 is 0 Å². The zero-order valence-electron chi connectivity index (χ0n) is 10.8. The number of nitrogens with one attached hydrogen (secondary N) is 1. The lowest BCUT2D eigenvalue weighted by molar-refractivity contribution is 0.179. The second kappa shape index (κ2) is 4.90. The van der Waals surface area contributed by atoms with Crippen molar-refractivity contribution in [3.63, 3.8) is 0 Å². The van der Waals surface area contributed by atoms with Crippen LogP contribution < -0.4 is 11.1 Å². The van der Waals surface area contributed by atoms with E-state index in [1.807, 2.05) is 0 Å². The molecule has 4 heteroatoms. The molecular formula is C13H22N4. The molecule has 94 valence electrons. The predicted molar refractivity (Wildman–Crippen MR) is 70.9 cm³/mol. The Kier molecular flexibility index (Phi) is 3.50. The lowest BCUT2D eigenvalue weighted by Crippen LogP contribution is -2.33. The molecule has 0 bridgehead atoms. The molecule has 0 amide bonds. The van der Waals surface area contributed by atoms with Crippen LogP contribution in [0.5, 0.6) is 0 Å². The van der Waals surface area contributed by atoms with Crippen molar-refractivity contribution in [1.82, 2.24) is 9.97 Å². The van der Waals surface area contributed by atoms with Crippen molar-refractivity contribution in [3.8, 4) is 0 Å². The molecule has 0 aromatic carbocycles. The van der Waals surface area contributed by atoms with Crippen molar-refractivity contribution in [2.24, 2.45) is 5.41 Å². The number of rotatable bonds is 5. The van der Waals surface area contributed by atoms with Crippen molar-refractivity contribution in [2.75, 3.05) is 17.6 Å². The Labute approximate surface area is 103 Å². The second-order valence-corrected chi connectivity index (χ2v) is 5.35. The Morgan fingerprint density at radius 3 is 2.76 bits per heavy atom. The highest BCUT2D eigenvalue weighted by Crippen LogP contribution is 2.40. The first-order chi connectivity index (χ1) is 8.14. The van der Waals surface area contributed by atoms with Gasteiger partial charge in [0.25, 0.3) is 0 Å². The summed E-state index contributed by atoms with van der Waals surface area (Å²) in [4.78, 5) is 8.38. The molecule has 0 unspecified atom stereocenters. The van der Waals surface area contributed by atoms with Crippen LogP contribution in [0.3, 0.4) is 0 Å². The first-order valence-electron chi connectivity index (χ1n) is 6.48. The zero-order valence-corrected chi connectivity index (χ0v) is 10.8. The van der Waals surface area contributed by atoms with Gasteiger partial charge in [-0.15, -0.1) is 0 Å². The van der Waals surface area contributed by atoms with Gasteiger partial charge in [0.1, 0.15) is 18.0 Å². The molecule has 1 fully saturated rings. The van der Waals surface area contributed by atoms with E-state index in [1.165, 1.54) is 19.3 Å². The monoisotopic (exact) mass is 234 g/mol. The van der Waals surface area contributed by atoms with Gasteiger partial charge in [-0.05, 0) is 24.7 Å². The highest BCUT2D eigenvalue weighted by atomic mass is 15.0. The highest BCUT2D eigenvalue weighted by Gasteiger charge is 2.31. The summed E-state index contributed by atoms with van der Waals surface area (Å²) in [5, 5.41) is 3.45. The predicted octanol–water partition coefficient (Wildman–Crippen LogP) is 2.61. The first kappa shape index (κ1) is 12.1. The van der Waals surface area contributed by atoms with Crippen molar-refractivity contribution in [2.45, 2.75) is 46.0 Å². The van der Waals surface area contributed by atoms with Crippen LogP contribution in [0, 0.1) is 5.41 Å². The number of nitrogens with two attached hydrogens (primary N) is 1. The quantitative estimate of drug-likeness (QED) is 0.822. The fourth-order valence-electron chi connectivity index (χ4n) is 2.33. The molecule has 3 N–H and O–H groups in total. The average molecular weight is 234 g/mol. The Morgan fingerprint density at radius 2 is 2.18 bits per heavy atom. The Bertz CT molecular complexity index is 385. The van der Waals surface area contributed by atoms with Gasteiger partial charge in [-0.2, -0.15) is 0 Å². The summed E-state index contributed by atoms with van der Waals surface area (Å²) in [5.41, 5.74) is 7.42. The van der Waals surface area contributed by atoms with Crippen LogP contribution in [0.25, 0.3) is 0 Å². The maximum absolute atomic E-state index is 5.90. The lowest BCUT2D eigenvalue weighted by Gasteiger charge is -2.38. The van der Waals surface area contributed by atoms with Crippen LogP contribution in [-0.4, -0.2) is 16.5 Å². The molecule has 1 aromatic rings. The number of hydrogen-bond donors (Lipinski definition) is 2. The Balaban J connectivity index is 2.06. The highest BCUT2D eigenvalue weighted by molar-refractivity contribution is 5.55. The van der Waals surface area contributed by atoms with Crippen LogP contribution in [0.15, 0.2) is 6.33 Å². The Morgan fingerprint density at radius 1 is 1.41 bits per heavy atom. The summed E-state index contributed by atoms with van der Waals surface area (Å²) in [6, 6.07) is 0. The molecule has 0 saturated heterocycles. The van der Waals surface area contributed by atoms with Crippen molar-refractivity contribution in [3.05, 3.63) is 11.9 Å². The van der Waals surface area contributed by atoms with Gasteiger partial charge in [-0.3, -0.25) is 0 Å². The summed E-state index contributed by atoms with van der Waals surface area (Å²) >= 11 is 0. The van der Waals surface area contributed by atoms with Crippen molar-refractivity contribution in [1.29, 1.82) is 0 Å². The number of aromatic nitrogens is 2. The van der Waals surface area contributed by atoms with Gasteiger partial charge < -0.3 is 11.1 Å². The maximum Gasteiger partial charge on any atom is 0.134 e. The van der Waals surface area contributed by atoms with Gasteiger partial charge in [0.2, 0.25) is 0 Å². The fourth-order valence-corrected chi connectivity index (χ4v) is 2.33. The van der Waals surface area contributed by atoms with E-state index in [1.54, 1.807) is 6.33 Å². The van der Waals surface area contributed by atoms with Crippen LogP contribution in [0.2, 0.25) is 0 Å². The van der Waals surface area contributed by atoms with Crippen LogP contribution in [0.4, 0.5) is 11.6 Å². The summed E-state index contributed by atoms with van der Waals surface area (Å²) < 4.78 is 0. The molecular weight excluding hydrogens is 212 g/mol. The molecule has 0 radical (unpaired) electrons. The maximum atomic E-state index is 5.90. The third-order valence-electron chi connectivity index (χ3n) is 3.72. The van der Waals surface area contributed by atoms with Crippen LogP contribution in [0.1, 0.15) is 45.1 Å². The average Bonchev–Trinajstić information content (AvgIpc) is 2.28. The summed E-state index contributed by atoms with van der Waals surface area (Å²) in [6.07, 6.45) is 7.51. The van der Waals surface area contributed by atoms with E-state index in [2.05, 4.69) is 29.1 Å². The second-order valence-electron chi connectivity index (χ2n) is 5.35. The standard InChI is InChI=1S/C13H22N4/c1-3-5-10-11(14)16-9-17-12(10)15-8-13(2)6-4-7-13/h9H,3-8H2,1-2H3,(H3,14,15,16,17). The summed E-state index contributed by atoms with van der Waals surface area (Å²) in [7, 11) is 0. The molecule has 1 saturated carbocycles. The summed E-state index contributed by atoms with van der Waals surface area (Å²) in [5.74, 6) is 1.54. The van der Waals surface area contributed by atoms with E-state index >= 15 is 0 Å². The molecule has 1 aliphatic carbocycles. The fraction of sp³-hybridized carbons (Fsp3) is 0.692. The first-order valence-corrected chi connectivity index (χ1v) is 6.48. The normalized spacial score (nSPS) is 17.5. The largest absolute Gasteiger partial charge is 0.383 e. The van der Waals surface area contributed by atoms with Crippen molar-refractivity contribution >= 4 is 11.6 Å². The topological polar surface area (TPSA) is 63.8 Å². The number of nitrogens with zero attached hydrogens (tertiary/aromatic N) is 2. The molecule has 17 heavy (non-hydrogen) atoms. The Hall–Kier alpha value is -1.32. The van der Waals surface area contributed by atoms with E-state index in [0.29, 0.717) is 11.2 Å². The van der Waals surface area contributed by atoms with Crippen LogP contribution >= 0.6 is 0 Å². The molecule has 4 nitrogen and oxygen atoms in total. The molecule has 0 spiro atoms. The van der Waals surface area contributed by atoms with Gasteiger partial charge in [0.15, 0.2) is 0 Å². The third-order valence-corrected chi connectivity index (χ3v) is 3.72. The van der Waals surface area contributed by atoms with E-state index in [-0.39, 0.29) is 0 Å². The van der Waals surface area contributed by atoms with Gasteiger partial charge >= 0.3 is 0 Å². The van der Waals surface area contributed by atoms with Gasteiger partial charge in [0.05, 0.1) is 0 Å². The number of anilines is 2. The minimum atomic E-state index is 0.448. The van der Waals surface area contributed by atoms with E-state index in [0.717, 1.165) is 30.8 Å². The molecule has 0 aliphatic heterocycles. The molecule has 0 atom stereocenters. The number of nitrogen functional groups attached to an aromatic ring is 1. The molecule has 1 aromatic heterocycles.